The van der Waals surface area contributed by atoms with E-state index in [0.717, 1.165) is 22.5 Å². The van der Waals surface area contributed by atoms with Crippen molar-refractivity contribution in [2.45, 2.75) is 13.0 Å². The van der Waals surface area contributed by atoms with Gasteiger partial charge >= 0.3 is 0 Å². The highest BCUT2D eigenvalue weighted by Crippen LogP contribution is 2.17. The monoisotopic (exact) mass is 481 g/mol. The molecule has 7 heteroatoms. The number of nitrogens with zero attached hydrogens (tertiary/aromatic N) is 2. The maximum absolute atomic E-state index is 13.5. The van der Waals surface area contributed by atoms with E-state index >= 15 is 0 Å². The largest absolute Gasteiger partial charge is 0.496 e. The van der Waals surface area contributed by atoms with Gasteiger partial charge in [-0.25, -0.2) is 0 Å². The number of carbonyl (C=O) groups excluding carboxylic acids is 1. The Labute approximate surface area is 206 Å². The molecular weight excluding hydrogens is 458 g/mol. The van der Waals surface area contributed by atoms with Crippen LogP contribution in [0.4, 0.5) is 0 Å². The van der Waals surface area contributed by atoms with Gasteiger partial charge in [0, 0.05) is 5.56 Å². The highest BCUT2D eigenvalue weighted by atomic mass is 32.1. The third-order valence-electron chi connectivity index (χ3n) is 5.46. The van der Waals surface area contributed by atoms with E-state index in [-0.39, 0.29) is 21.8 Å². The van der Waals surface area contributed by atoms with Crippen molar-refractivity contribution < 1.29 is 9.53 Å². The minimum atomic E-state index is -0.543. The van der Waals surface area contributed by atoms with E-state index in [1.165, 1.54) is 4.57 Å². The fraction of sp³-hybridized carbons (Fsp3) is 0.107. The molecule has 0 aliphatic heterocycles. The number of amides is 1. The molecule has 1 N–H and O–H groups in total. The van der Waals surface area contributed by atoms with Crippen molar-refractivity contribution in [1.29, 1.82) is 5.26 Å². The van der Waals surface area contributed by atoms with Crippen LogP contribution >= 0.6 is 11.3 Å². The van der Waals surface area contributed by atoms with Crippen LogP contribution in [0.2, 0.25) is 0 Å². The number of ether oxygens (including phenoxy) is 1. The molecule has 0 fully saturated rings. The van der Waals surface area contributed by atoms with Gasteiger partial charge in [-0.3, -0.25) is 14.2 Å². The van der Waals surface area contributed by atoms with Gasteiger partial charge in [0.15, 0.2) is 5.57 Å². The zero-order valence-electron chi connectivity index (χ0n) is 19.3. The number of carbonyl (C=O) groups is 1. The smallest absolute Gasteiger partial charge is 0.273 e. The zero-order chi connectivity index (χ0) is 24.8. The quantitative estimate of drug-likeness (QED) is 0.458. The fourth-order valence-electron chi connectivity index (χ4n) is 3.68. The van der Waals surface area contributed by atoms with Gasteiger partial charge in [-0.05, 0) is 36.8 Å². The number of nitriles is 1. The third-order valence-corrected chi connectivity index (χ3v) is 6.56. The Bertz CT molecular complexity index is 1570. The standard InChI is InChI=1S/C28H23N3O3S/c1-19(20-11-5-3-6-12-20)30-26(32)23(18-29)28-31(22-14-7-4-8-15-22)27(33)25(35-28)17-21-13-9-10-16-24(21)34-2/h3-17,19H,1-2H3,(H,30,32)/b25-17+,28-23+/t19-/m0/s1. The first kappa shape index (κ1) is 23.7. The molecule has 1 amide bonds. The maximum Gasteiger partial charge on any atom is 0.273 e. The second-order valence-electron chi connectivity index (χ2n) is 7.73. The van der Waals surface area contributed by atoms with Crippen molar-refractivity contribution in [2.75, 3.05) is 7.11 Å². The first-order valence-electron chi connectivity index (χ1n) is 11.0. The Balaban J connectivity index is 1.92. The third kappa shape index (κ3) is 5.08. The molecule has 0 radical (unpaired) electrons. The molecule has 174 valence electrons. The molecule has 4 rings (SSSR count). The van der Waals surface area contributed by atoms with E-state index in [4.69, 9.17) is 4.74 Å². The SMILES string of the molecule is COc1ccccc1/C=c1/s/c(=C(\C#N)C(=O)N[C@@H](C)c2ccccc2)n(-c2ccccc2)c1=O. The van der Waals surface area contributed by atoms with Gasteiger partial charge in [-0.15, -0.1) is 11.3 Å². The molecule has 6 nitrogen and oxygen atoms in total. The summed E-state index contributed by atoms with van der Waals surface area (Å²) in [5.41, 5.74) is 1.76. The number of nitrogens with one attached hydrogen (secondary N) is 1. The molecule has 0 bridgehead atoms. The minimum absolute atomic E-state index is 0.126. The average Bonchev–Trinajstić information content (AvgIpc) is 3.21. The summed E-state index contributed by atoms with van der Waals surface area (Å²) in [4.78, 5) is 26.7. The first-order chi connectivity index (χ1) is 17.0. The average molecular weight is 482 g/mol. The molecule has 4 aromatic rings. The van der Waals surface area contributed by atoms with E-state index in [2.05, 4.69) is 5.32 Å². The lowest BCUT2D eigenvalue weighted by molar-refractivity contribution is -0.116. The van der Waals surface area contributed by atoms with E-state index in [0.29, 0.717) is 16.0 Å². The Morgan fingerprint density at radius 3 is 2.31 bits per heavy atom. The van der Waals surface area contributed by atoms with Crippen molar-refractivity contribution in [2.24, 2.45) is 0 Å². The normalized spacial score (nSPS) is 13.0. The van der Waals surface area contributed by atoms with Crippen LogP contribution in [0.25, 0.3) is 17.3 Å². The van der Waals surface area contributed by atoms with Crippen molar-refractivity contribution in [1.82, 2.24) is 9.88 Å². The number of thiazole rings is 1. The molecule has 0 saturated carbocycles. The molecule has 0 saturated heterocycles. The highest BCUT2D eigenvalue weighted by Gasteiger charge is 2.19. The van der Waals surface area contributed by atoms with Gasteiger partial charge in [0.25, 0.3) is 11.5 Å². The lowest BCUT2D eigenvalue weighted by atomic mass is 10.1. The molecule has 1 atom stereocenters. The highest BCUT2D eigenvalue weighted by molar-refractivity contribution is 7.07. The Kier molecular flexibility index (Phi) is 7.24. The fourth-order valence-corrected chi connectivity index (χ4v) is 4.77. The first-order valence-corrected chi connectivity index (χ1v) is 11.8. The second kappa shape index (κ2) is 10.7. The predicted molar refractivity (Wildman–Crippen MR) is 138 cm³/mol. The van der Waals surface area contributed by atoms with Gasteiger partial charge < -0.3 is 10.1 Å². The van der Waals surface area contributed by atoms with Crippen molar-refractivity contribution in [3.63, 3.8) is 0 Å². The molecule has 35 heavy (non-hydrogen) atoms. The van der Waals surface area contributed by atoms with Crippen LogP contribution in [-0.2, 0) is 4.79 Å². The van der Waals surface area contributed by atoms with Gasteiger partial charge in [0.05, 0.1) is 23.4 Å². The molecule has 1 aromatic heterocycles. The lowest BCUT2D eigenvalue weighted by Crippen LogP contribution is -2.34. The lowest BCUT2D eigenvalue weighted by Gasteiger charge is -2.13. The molecular formula is C28H23N3O3S. The molecule has 0 aliphatic rings. The van der Waals surface area contributed by atoms with E-state index in [1.807, 2.05) is 67.6 Å². The second-order valence-corrected chi connectivity index (χ2v) is 8.76. The number of hydrogen-bond donors (Lipinski definition) is 1. The van der Waals surface area contributed by atoms with E-state index in [1.54, 1.807) is 43.5 Å². The van der Waals surface area contributed by atoms with Crippen LogP contribution in [0.15, 0.2) is 89.7 Å². The summed E-state index contributed by atoms with van der Waals surface area (Å²) < 4.78 is 7.47. The summed E-state index contributed by atoms with van der Waals surface area (Å²) in [6, 6.07) is 27.5. The summed E-state index contributed by atoms with van der Waals surface area (Å²) in [5, 5.41) is 12.9. The molecule has 3 aromatic carbocycles. The summed E-state index contributed by atoms with van der Waals surface area (Å²) in [6.07, 6.45) is 1.72. The maximum atomic E-state index is 13.5. The number of benzene rings is 3. The number of para-hydroxylation sites is 2. The number of methoxy groups -OCH3 is 1. The van der Waals surface area contributed by atoms with Crippen molar-refractivity contribution in [3.8, 4) is 17.5 Å². The Hall–Kier alpha value is -4.41. The van der Waals surface area contributed by atoms with Crippen LogP contribution < -0.4 is 24.8 Å². The number of hydrogen-bond acceptors (Lipinski definition) is 5. The van der Waals surface area contributed by atoms with Crippen molar-refractivity contribution in [3.05, 3.63) is 116 Å². The predicted octanol–water partition coefficient (Wildman–Crippen LogP) is 3.29. The summed E-state index contributed by atoms with van der Waals surface area (Å²) in [7, 11) is 1.56. The topological polar surface area (TPSA) is 84.1 Å². The minimum Gasteiger partial charge on any atom is -0.496 e. The molecule has 1 heterocycles. The van der Waals surface area contributed by atoms with Gasteiger partial charge in [0.2, 0.25) is 0 Å². The van der Waals surface area contributed by atoms with E-state index < -0.39 is 5.91 Å². The van der Waals surface area contributed by atoms with Crippen LogP contribution in [0.3, 0.4) is 0 Å². The Morgan fingerprint density at radius 2 is 1.66 bits per heavy atom. The van der Waals surface area contributed by atoms with E-state index in [9.17, 15) is 14.9 Å². The summed E-state index contributed by atoms with van der Waals surface area (Å²) in [5.74, 6) is 0.0747. The van der Waals surface area contributed by atoms with Crippen LogP contribution in [-0.4, -0.2) is 17.6 Å². The van der Waals surface area contributed by atoms with Crippen LogP contribution in [0, 0.1) is 11.3 Å². The zero-order valence-corrected chi connectivity index (χ0v) is 20.1. The van der Waals surface area contributed by atoms with Gasteiger partial charge in [0.1, 0.15) is 16.5 Å². The number of aromatic nitrogens is 1. The molecule has 0 spiro atoms. The molecule has 0 aliphatic carbocycles. The Morgan fingerprint density at radius 1 is 1.03 bits per heavy atom. The molecule has 0 unspecified atom stereocenters. The van der Waals surface area contributed by atoms with Crippen LogP contribution in [0.1, 0.15) is 24.1 Å². The number of rotatable bonds is 6. The summed E-state index contributed by atoms with van der Waals surface area (Å²) in [6.45, 7) is 1.85. The van der Waals surface area contributed by atoms with Crippen LogP contribution in [0.5, 0.6) is 5.75 Å². The van der Waals surface area contributed by atoms with Gasteiger partial charge in [-0.2, -0.15) is 5.26 Å². The van der Waals surface area contributed by atoms with Crippen molar-refractivity contribution >= 4 is 28.9 Å². The summed E-state index contributed by atoms with van der Waals surface area (Å²) >= 11 is 1.10. The van der Waals surface area contributed by atoms with Gasteiger partial charge in [-0.1, -0.05) is 66.7 Å².